The number of likely N-dealkylation sites (N-methyl/N-ethyl adjacent to an activating group) is 1. The lowest BCUT2D eigenvalue weighted by molar-refractivity contribution is 0.0740. The summed E-state index contributed by atoms with van der Waals surface area (Å²) in [6, 6.07) is 13.8. The molecule has 2 aromatic heterocycles. The molecule has 140 valence electrons. The first kappa shape index (κ1) is 18.4. The van der Waals surface area contributed by atoms with Gasteiger partial charge in [0.1, 0.15) is 23.9 Å². The Hall–Kier alpha value is -3.35. The number of furan rings is 1. The van der Waals surface area contributed by atoms with Gasteiger partial charge in [-0.3, -0.25) is 9.59 Å². The summed E-state index contributed by atoms with van der Waals surface area (Å²) in [7, 11) is 1.64. The van der Waals surface area contributed by atoms with Crippen molar-refractivity contribution >= 4 is 5.91 Å². The Morgan fingerprint density at radius 3 is 2.67 bits per heavy atom. The standard InChI is InChI=1S/C20H19FN2O4/c1-22(12-13-26-16-7-5-15(21)6-8-16)20(25)18-10-9-17(27-18)14-23-11-3-2-4-19(23)24/h2-11H,12-14H2,1H3. The van der Waals surface area contributed by atoms with Gasteiger partial charge in [-0.05, 0) is 42.5 Å². The summed E-state index contributed by atoms with van der Waals surface area (Å²) in [6.45, 7) is 0.857. The van der Waals surface area contributed by atoms with Crippen molar-refractivity contribution in [1.82, 2.24) is 9.47 Å². The van der Waals surface area contributed by atoms with Gasteiger partial charge in [-0.15, -0.1) is 0 Å². The molecule has 0 bridgehead atoms. The number of carbonyl (C=O) groups is 1. The number of nitrogens with zero attached hydrogens (tertiary/aromatic N) is 2. The summed E-state index contributed by atoms with van der Waals surface area (Å²) in [5, 5.41) is 0. The van der Waals surface area contributed by atoms with E-state index in [9.17, 15) is 14.0 Å². The number of amides is 1. The quantitative estimate of drug-likeness (QED) is 0.642. The van der Waals surface area contributed by atoms with Crippen molar-refractivity contribution in [3.63, 3.8) is 0 Å². The lowest BCUT2D eigenvalue weighted by Gasteiger charge is -2.16. The van der Waals surface area contributed by atoms with E-state index >= 15 is 0 Å². The van der Waals surface area contributed by atoms with E-state index in [0.29, 0.717) is 18.1 Å². The predicted molar refractivity (Wildman–Crippen MR) is 97.4 cm³/mol. The molecule has 3 rings (SSSR count). The van der Waals surface area contributed by atoms with Gasteiger partial charge in [0.15, 0.2) is 5.76 Å². The fourth-order valence-corrected chi connectivity index (χ4v) is 2.46. The van der Waals surface area contributed by atoms with Crippen molar-refractivity contribution in [1.29, 1.82) is 0 Å². The van der Waals surface area contributed by atoms with Gasteiger partial charge in [0, 0.05) is 19.3 Å². The zero-order valence-corrected chi connectivity index (χ0v) is 14.8. The van der Waals surface area contributed by atoms with Gasteiger partial charge >= 0.3 is 0 Å². The maximum atomic E-state index is 12.9. The molecule has 0 aliphatic carbocycles. The fourth-order valence-electron chi connectivity index (χ4n) is 2.46. The Labute approximate surface area is 155 Å². The smallest absolute Gasteiger partial charge is 0.289 e. The number of benzene rings is 1. The number of hydrogen-bond donors (Lipinski definition) is 0. The van der Waals surface area contributed by atoms with E-state index in [1.807, 2.05) is 0 Å². The van der Waals surface area contributed by atoms with Gasteiger partial charge in [0.05, 0.1) is 13.1 Å². The minimum Gasteiger partial charge on any atom is -0.492 e. The largest absolute Gasteiger partial charge is 0.492 e. The third-order valence-corrected chi connectivity index (χ3v) is 3.95. The minimum atomic E-state index is -0.332. The molecule has 0 aliphatic heterocycles. The maximum Gasteiger partial charge on any atom is 0.289 e. The molecular formula is C20H19FN2O4. The van der Waals surface area contributed by atoms with Crippen LogP contribution < -0.4 is 10.3 Å². The van der Waals surface area contributed by atoms with Crippen LogP contribution in [0.1, 0.15) is 16.3 Å². The van der Waals surface area contributed by atoms with Crippen molar-refractivity contribution < 1.29 is 18.3 Å². The second kappa shape index (κ2) is 8.35. The number of carbonyl (C=O) groups excluding carboxylic acids is 1. The van der Waals surface area contributed by atoms with Crippen LogP contribution in [0.2, 0.25) is 0 Å². The van der Waals surface area contributed by atoms with Crippen molar-refractivity contribution in [3.05, 3.63) is 88.5 Å². The van der Waals surface area contributed by atoms with Crippen LogP contribution >= 0.6 is 0 Å². The molecule has 2 heterocycles. The number of hydrogen-bond acceptors (Lipinski definition) is 4. The van der Waals surface area contributed by atoms with E-state index in [1.54, 1.807) is 37.5 Å². The number of halogens is 1. The number of ether oxygens (including phenoxy) is 1. The molecule has 1 amide bonds. The van der Waals surface area contributed by atoms with E-state index in [1.165, 1.54) is 39.8 Å². The van der Waals surface area contributed by atoms with Crippen molar-refractivity contribution in [2.75, 3.05) is 20.2 Å². The van der Waals surface area contributed by atoms with Gasteiger partial charge in [-0.25, -0.2) is 4.39 Å². The third kappa shape index (κ3) is 4.84. The molecule has 0 spiro atoms. The van der Waals surface area contributed by atoms with Gasteiger partial charge < -0.3 is 18.6 Å². The molecule has 6 nitrogen and oxygen atoms in total. The molecule has 7 heteroatoms. The van der Waals surface area contributed by atoms with Crippen LogP contribution in [0, 0.1) is 5.82 Å². The molecule has 0 saturated heterocycles. The molecule has 0 aliphatic rings. The summed E-state index contributed by atoms with van der Waals surface area (Å²) >= 11 is 0. The first-order valence-corrected chi connectivity index (χ1v) is 8.41. The summed E-state index contributed by atoms with van der Waals surface area (Å²) in [5.41, 5.74) is -0.142. The second-order valence-electron chi connectivity index (χ2n) is 5.96. The molecule has 0 unspecified atom stereocenters. The summed E-state index contributed by atoms with van der Waals surface area (Å²) in [4.78, 5) is 25.6. The molecule has 0 atom stereocenters. The van der Waals surface area contributed by atoms with Crippen LogP contribution in [-0.4, -0.2) is 35.6 Å². The van der Waals surface area contributed by atoms with E-state index in [2.05, 4.69) is 0 Å². The summed E-state index contributed by atoms with van der Waals surface area (Å²) in [5.74, 6) is 0.622. The van der Waals surface area contributed by atoms with Crippen LogP contribution in [0.3, 0.4) is 0 Å². The van der Waals surface area contributed by atoms with Crippen LogP contribution in [0.15, 0.2) is 70.0 Å². The van der Waals surface area contributed by atoms with Crippen LogP contribution in [0.5, 0.6) is 5.75 Å². The summed E-state index contributed by atoms with van der Waals surface area (Å²) < 4.78 is 25.4. The molecule has 1 aromatic carbocycles. The van der Waals surface area contributed by atoms with Gasteiger partial charge in [-0.2, -0.15) is 0 Å². The number of aromatic nitrogens is 1. The van der Waals surface area contributed by atoms with Gasteiger partial charge in [-0.1, -0.05) is 6.07 Å². The van der Waals surface area contributed by atoms with Crippen LogP contribution in [0.25, 0.3) is 0 Å². The minimum absolute atomic E-state index is 0.142. The summed E-state index contributed by atoms with van der Waals surface area (Å²) in [6.07, 6.45) is 1.66. The Kier molecular flexibility index (Phi) is 5.71. The molecular weight excluding hydrogens is 351 g/mol. The van der Waals surface area contributed by atoms with Crippen LogP contribution in [-0.2, 0) is 6.54 Å². The zero-order valence-electron chi connectivity index (χ0n) is 14.8. The van der Waals surface area contributed by atoms with E-state index in [4.69, 9.17) is 9.15 Å². The molecule has 0 radical (unpaired) electrons. The Bertz CT molecular complexity index is 962. The van der Waals surface area contributed by atoms with E-state index in [-0.39, 0.29) is 36.2 Å². The number of pyridine rings is 1. The Morgan fingerprint density at radius 2 is 1.93 bits per heavy atom. The van der Waals surface area contributed by atoms with Crippen LogP contribution in [0.4, 0.5) is 4.39 Å². The van der Waals surface area contributed by atoms with Gasteiger partial charge in [0.2, 0.25) is 0 Å². The highest BCUT2D eigenvalue weighted by Crippen LogP contribution is 2.13. The zero-order chi connectivity index (χ0) is 19.2. The van der Waals surface area contributed by atoms with E-state index in [0.717, 1.165) is 0 Å². The predicted octanol–water partition coefficient (Wildman–Crippen LogP) is 2.78. The van der Waals surface area contributed by atoms with E-state index < -0.39 is 0 Å². The topological polar surface area (TPSA) is 64.7 Å². The lowest BCUT2D eigenvalue weighted by Crippen LogP contribution is -2.30. The highest BCUT2D eigenvalue weighted by atomic mass is 19.1. The van der Waals surface area contributed by atoms with Crippen molar-refractivity contribution in [3.8, 4) is 5.75 Å². The SMILES string of the molecule is CN(CCOc1ccc(F)cc1)C(=O)c1ccc(Cn2ccccc2=O)o1. The van der Waals surface area contributed by atoms with Crippen molar-refractivity contribution in [2.45, 2.75) is 6.54 Å². The molecule has 0 fully saturated rings. The lowest BCUT2D eigenvalue weighted by atomic mass is 10.3. The normalized spacial score (nSPS) is 10.6. The Balaban J connectivity index is 1.54. The molecule has 3 aromatic rings. The first-order valence-electron chi connectivity index (χ1n) is 8.41. The first-order chi connectivity index (χ1) is 13.0. The average molecular weight is 370 g/mol. The third-order valence-electron chi connectivity index (χ3n) is 3.95. The molecule has 27 heavy (non-hydrogen) atoms. The Morgan fingerprint density at radius 1 is 1.15 bits per heavy atom. The monoisotopic (exact) mass is 370 g/mol. The van der Waals surface area contributed by atoms with Gasteiger partial charge in [0.25, 0.3) is 11.5 Å². The maximum absolute atomic E-state index is 12.9. The molecule has 0 saturated carbocycles. The van der Waals surface area contributed by atoms with Crippen molar-refractivity contribution in [2.24, 2.45) is 0 Å². The second-order valence-corrected chi connectivity index (χ2v) is 5.96. The fraction of sp³-hybridized carbons (Fsp3) is 0.200. The highest BCUT2D eigenvalue weighted by Gasteiger charge is 2.16. The molecule has 0 N–H and O–H groups in total. The highest BCUT2D eigenvalue weighted by molar-refractivity contribution is 5.91. The number of rotatable bonds is 7. The average Bonchev–Trinajstić information content (AvgIpc) is 3.13.